The van der Waals surface area contributed by atoms with Gasteiger partial charge >= 0.3 is 0 Å². The quantitative estimate of drug-likeness (QED) is 0.303. The van der Waals surface area contributed by atoms with E-state index in [0.717, 1.165) is 5.75 Å². The maximum absolute atomic E-state index is 5.40. The molecule has 0 atom stereocenters. The molecule has 1 heteroatoms. The minimum atomic E-state index is 0.137. The van der Waals surface area contributed by atoms with E-state index in [1.165, 1.54) is 38.2 Å². The summed E-state index contributed by atoms with van der Waals surface area (Å²) < 4.78 is 5.40. The first kappa shape index (κ1) is 17.5. The van der Waals surface area contributed by atoms with E-state index in [0.29, 0.717) is 0 Å². The molecule has 0 heterocycles. The number of ether oxygens (including phenoxy) is 1. The van der Waals surface area contributed by atoms with Crippen molar-refractivity contribution < 1.29 is 4.74 Å². The predicted molar refractivity (Wildman–Crippen MR) is 122 cm³/mol. The standard InChI is InChI=1S/C28H22O/c1-29-23-18-16-22(17-19-23)28(26-14-6-10-20-8-2-4-12-24(20)26)27-15-7-11-21-9-3-5-13-25(21)27/h2-19,28H,1H3. The molecule has 140 valence electrons. The molecular formula is C28H22O. The summed E-state index contributed by atoms with van der Waals surface area (Å²) in [4.78, 5) is 0. The highest BCUT2D eigenvalue weighted by molar-refractivity contribution is 5.91. The fraction of sp³-hybridized carbons (Fsp3) is 0.0714. The fourth-order valence-electron chi connectivity index (χ4n) is 4.33. The van der Waals surface area contributed by atoms with Gasteiger partial charge in [0.15, 0.2) is 0 Å². The smallest absolute Gasteiger partial charge is 0.118 e. The zero-order chi connectivity index (χ0) is 19.6. The highest BCUT2D eigenvalue weighted by Gasteiger charge is 2.21. The maximum atomic E-state index is 5.40. The maximum Gasteiger partial charge on any atom is 0.118 e. The molecule has 0 aliphatic rings. The van der Waals surface area contributed by atoms with Crippen molar-refractivity contribution in [3.8, 4) is 5.75 Å². The number of methoxy groups -OCH3 is 1. The van der Waals surface area contributed by atoms with Gasteiger partial charge in [-0.15, -0.1) is 0 Å². The van der Waals surface area contributed by atoms with Crippen LogP contribution in [0.1, 0.15) is 22.6 Å². The van der Waals surface area contributed by atoms with Gasteiger partial charge in [-0.3, -0.25) is 0 Å². The molecule has 0 aliphatic carbocycles. The topological polar surface area (TPSA) is 9.23 Å². The van der Waals surface area contributed by atoms with E-state index in [2.05, 4.69) is 109 Å². The van der Waals surface area contributed by atoms with Crippen molar-refractivity contribution in [1.29, 1.82) is 0 Å². The first-order valence-electron chi connectivity index (χ1n) is 9.94. The summed E-state index contributed by atoms with van der Waals surface area (Å²) in [6.45, 7) is 0. The van der Waals surface area contributed by atoms with Gasteiger partial charge in [0.05, 0.1) is 7.11 Å². The van der Waals surface area contributed by atoms with Crippen molar-refractivity contribution in [3.63, 3.8) is 0 Å². The van der Waals surface area contributed by atoms with Gasteiger partial charge < -0.3 is 4.74 Å². The number of fused-ring (bicyclic) bond motifs is 2. The molecule has 0 aromatic heterocycles. The highest BCUT2D eigenvalue weighted by atomic mass is 16.5. The van der Waals surface area contributed by atoms with Crippen molar-refractivity contribution in [2.24, 2.45) is 0 Å². The molecule has 29 heavy (non-hydrogen) atoms. The summed E-state index contributed by atoms with van der Waals surface area (Å²) >= 11 is 0. The second-order valence-electron chi connectivity index (χ2n) is 7.34. The third kappa shape index (κ3) is 3.15. The summed E-state index contributed by atoms with van der Waals surface area (Å²) in [5.41, 5.74) is 3.91. The molecule has 0 saturated heterocycles. The molecule has 0 unspecified atom stereocenters. The van der Waals surface area contributed by atoms with Crippen LogP contribution in [-0.4, -0.2) is 7.11 Å². The van der Waals surface area contributed by atoms with Crippen LogP contribution >= 0.6 is 0 Å². The predicted octanol–water partition coefficient (Wildman–Crippen LogP) is 7.18. The largest absolute Gasteiger partial charge is 0.497 e. The van der Waals surface area contributed by atoms with E-state index >= 15 is 0 Å². The molecule has 0 aliphatic heterocycles. The third-order valence-electron chi connectivity index (χ3n) is 5.72. The molecule has 0 spiro atoms. The fourth-order valence-corrected chi connectivity index (χ4v) is 4.33. The molecular weight excluding hydrogens is 352 g/mol. The van der Waals surface area contributed by atoms with Crippen LogP contribution in [0.4, 0.5) is 0 Å². The van der Waals surface area contributed by atoms with E-state index in [1.807, 2.05) is 0 Å². The number of hydrogen-bond donors (Lipinski definition) is 0. The average Bonchev–Trinajstić information content (AvgIpc) is 2.80. The van der Waals surface area contributed by atoms with Crippen molar-refractivity contribution in [2.45, 2.75) is 5.92 Å². The van der Waals surface area contributed by atoms with E-state index in [-0.39, 0.29) is 5.92 Å². The van der Waals surface area contributed by atoms with Crippen LogP contribution in [0, 0.1) is 0 Å². The third-order valence-corrected chi connectivity index (χ3v) is 5.72. The lowest BCUT2D eigenvalue weighted by Crippen LogP contribution is -2.05. The Morgan fingerprint density at radius 2 is 1.00 bits per heavy atom. The van der Waals surface area contributed by atoms with Crippen LogP contribution in [-0.2, 0) is 0 Å². The molecule has 5 aromatic carbocycles. The molecule has 5 rings (SSSR count). The summed E-state index contributed by atoms with van der Waals surface area (Å²) in [6, 6.07) is 39.0. The first-order valence-corrected chi connectivity index (χ1v) is 9.94. The van der Waals surface area contributed by atoms with Crippen molar-refractivity contribution in [1.82, 2.24) is 0 Å². The first-order chi connectivity index (χ1) is 14.3. The monoisotopic (exact) mass is 374 g/mol. The summed E-state index contributed by atoms with van der Waals surface area (Å²) in [5.74, 6) is 1.02. The Balaban J connectivity index is 1.81. The molecule has 0 fully saturated rings. The summed E-state index contributed by atoms with van der Waals surface area (Å²) in [6.07, 6.45) is 0. The van der Waals surface area contributed by atoms with Gasteiger partial charge in [-0.1, -0.05) is 97.1 Å². The van der Waals surface area contributed by atoms with Crippen molar-refractivity contribution in [2.75, 3.05) is 7.11 Å². The minimum absolute atomic E-state index is 0.137. The Bertz CT molecular complexity index is 1200. The van der Waals surface area contributed by atoms with Crippen LogP contribution in [0.3, 0.4) is 0 Å². The second-order valence-corrected chi connectivity index (χ2v) is 7.34. The molecule has 1 nitrogen and oxygen atoms in total. The molecule has 0 N–H and O–H groups in total. The Hall–Kier alpha value is -3.58. The van der Waals surface area contributed by atoms with Gasteiger partial charge in [0.1, 0.15) is 5.75 Å². The highest BCUT2D eigenvalue weighted by Crippen LogP contribution is 2.39. The number of benzene rings is 5. The minimum Gasteiger partial charge on any atom is -0.497 e. The zero-order valence-corrected chi connectivity index (χ0v) is 16.4. The van der Waals surface area contributed by atoms with Crippen molar-refractivity contribution >= 4 is 21.5 Å². The van der Waals surface area contributed by atoms with E-state index in [4.69, 9.17) is 4.74 Å². The van der Waals surface area contributed by atoms with Gasteiger partial charge in [0.2, 0.25) is 0 Å². The lowest BCUT2D eigenvalue weighted by Gasteiger charge is -2.22. The lowest BCUT2D eigenvalue weighted by molar-refractivity contribution is 0.414. The molecule has 0 bridgehead atoms. The van der Waals surface area contributed by atoms with Crippen LogP contribution in [0.5, 0.6) is 5.75 Å². The van der Waals surface area contributed by atoms with Gasteiger partial charge in [-0.25, -0.2) is 0 Å². The Morgan fingerprint density at radius 3 is 1.52 bits per heavy atom. The Labute approximate surface area is 171 Å². The molecule has 0 radical (unpaired) electrons. The van der Waals surface area contributed by atoms with Gasteiger partial charge in [0.25, 0.3) is 0 Å². The number of hydrogen-bond acceptors (Lipinski definition) is 1. The Morgan fingerprint density at radius 1 is 0.517 bits per heavy atom. The average molecular weight is 374 g/mol. The SMILES string of the molecule is COc1ccc(C(c2cccc3ccccc23)c2cccc3ccccc23)cc1. The van der Waals surface area contributed by atoms with Crippen LogP contribution < -0.4 is 4.74 Å². The van der Waals surface area contributed by atoms with E-state index in [1.54, 1.807) is 7.11 Å². The molecule has 0 amide bonds. The van der Waals surface area contributed by atoms with E-state index in [9.17, 15) is 0 Å². The van der Waals surface area contributed by atoms with Crippen molar-refractivity contribution in [3.05, 3.63) is 126 Å². The Kier molecular flexibility index (Phi) is 4.50. The molecule has 0 saturated carbocycles. The lowest BCUT2D eigenvalue weighted by atomic mass is 9.81. The van der Waals surface area contributed by atoms with Crippen LogP contribution in [0.25, 0.3) is 21.5 Å². The van der Waals surface area contributed by atoms with Gasteiger partial charge in [-0.2, -0.15) is 0 Å². The number of rotatable bonds is 4. The van der Waals surface area contributed by atoms with Gasteiger partial charge in [-0.05, 0) is 50.4 Å². The van der Waals surface area contributed by atoms with Crippen LogP contribution in [0.15, 0.2) is 109 Å². The summed E-state index contributed by atoms with van der Waals surface area (Å²) in [5, 5.41) is 5.13. The normalized spacial score (nSPS) is 11.2. The van der Waals surface area contributed by atoms with Crippen LogP contribution in [0.2, 0.25) is 0 Å². The summed E-state index contributed by atoms with van der Waals surface area (Å²) in [7, 11) is 1.71. The van der Waals surface area contributed by atoms with E-state index < -0.39 is 0 Å². The molecule has 5 aromatic rings. The zero-order valence-electron chi connectivity index (χ0n) is 16.4. The second kappa shape index (κ2) is 7.44. The van der Waals surface area contributed by atoms with Gasteiger partial charge in [0, 0.05) is 5.92 Å².